The van der Waals surface area contributed by atoms with Crippen molar-refractivity contribution in [2.24, 2.45) is 5.10 Å². The summed E-state index contributed by atoms with van der Waals surface area (Å²) in [7, 11) is 0. The number of carbonyl (C=O) groups is 2. The van der Waals surface area contributed by atoms with Gasteiger partial charge in [0.05, 0.1) is 6.21 Å². The molecular weight excluding hydrogens is 274 g/mol. The average molecular weight is 291 g/mol. The molecule has 0 aliphatic heterocycles. The van der Waals surface area contributed by atoms with E-state index in [4.69, 9.17) is 0 Å². The van der Waals surface area contributed by atoms with E-state index in [2.05, 4.69) is 22.4 Å². The van der Waals surface area contributed by atoms with Crippen molar-refractivity contribution in [3.63, 3.8) is 0 Å². The van der Waals surface area contributed by atoms with Gasteiger partial charge in [-0.2, -0.15) is 5.10 Å². The predicted octanol–water partition coefficient (Wildman–Crippen LogP) is 1.55. The van der Waals surface area contributed by atoms with Crippen LogP contribution >= 0.6 is 11.8 Å². The summed E-state index contributed by atoms with van der Waals surface area (Å²) in [6.07, 6.45) is 4.83. The number of rotatable bonds is 7. The Morgan fingerprint density at radius 2 is 2.00 bits per heavy atom. The third-order valence-corrected chi connectivity index (χ3v) is 3.03. The van der Waals surface area contributed by atoms with E-state index in [1.54, 1.807) is 17.8 Å². The minimum Gasteiger partial charge on any atom is -0.352 e. The van der Waals surface area contributed by atoms with E-state index in [-0.39, 0.29) is 12.3 Å². The number of carbonyl (C=O) groups excluding carboxylic acids is 2. The van der Waals surface area contributed by atoms with Crippen LogP contribution in [0, 0.1) is 0 Å². The Labute approximate surface area is 122 Å². The average Bonchev–Trinajstić information content (AvgIpc) is 2.45. The summed E-state index contributed by atoms with van der Waals surface area (Å²) >= 11 is 1.65. The maximum absolute atomic E-state index is 11.4. The summed E-state index contributed by atoms with van der Waals surface area (Å²) in [5.41, 5.74) is 3.18. The highest BCUT2D eigenvalue weighted by Crippen LogP contribution is 2.13. The fourth-order valence-corrected chi connectivity index (χ4v) is 1.71. The van der Waals surface area contributed by atoms with E-state index < -0.39 is 5.91 Å². The molecule has 0 atom stereocenters. The molecular formula is C14H17N3O2S. The van der Waals surface area contributed by atoms with Gasteiger partial charge < -0.3 is 5.32 Å². The first-order chi connectivity index (χ1) is 9.65. The molecule has 5 nitrogen and oxygen atoms in total. The molecule has 1 aromatic rings. The van der Waals surface area contributed by atoms with E-state index in [1.807, 2.05) is 30.5 Å². The summed E-state index contributed by atoms with van der Waals surface area (Å²) in [4.78, 5) is 23.8. The van der Waals surface area contributed by atoms with Crippen LogP contribution in [0.4, 0.5) is 0 Å². The number of hydrogen-bond acceptors (Lipinski definition) is 4. The lowest BCUT2D eigenvalue weighted by atomic mass is 10.2. The minimum atomic E-state index is -0.455. The zero-order valence-corrected chi connectivity index (χ0v) is 12.1. The van der Waals surface area contributed by atoms with E-state index >= 15 is 0 Å². The Bertz CT molecular complexity index is 498. The summed E-state index contributed by atoms with van der Waals surface area (Å²) in [6.45, 7) is 3.81. The highest BCUT2D eigenvalue weighted by atomic mass is 32.2. The normalized spacial score (nSPS) is 10.2. The van der Waals surface area contributed by atoms with Crippen molar-refractivity contribution in [1.82, 2.24) is 10.7 Å². The van der Waals surface area contributed by atoms with Crippen LogP contribution in [0.2, 0.25) is 0 Å². The standard InChI is InChI=1S/C14H17N3O2S/c1-3-8-15-13(18)9-14(19)17-16-10-11-4-6-12(20-2)7-5-11/h3-7,10H,1,8-9H2,2H3,(H,15,18)(H,17,19)/b16-10+. The Balaban J connectivity index is 2.37. The van der Waals surface area contributed by atoms with Gasteiger partial charge in [-0.15, -0.1) is 18.3 Å². The van der Waals surface area contributed by atoms with Crippen molar-refractivity contribution < 1.29 is 9.59 Å². The van der Waals surface area contributed by atoms with Crippen molar-refractivity contribution >= 4 is 29.8 Å². The van der Waals surface area contributed by atoms with Crippen molar-refractivity contribution in [2.75, 3.05) is 12.8 Å². The number of amides is 2. The molecule has 2 amide bonds. The number of benzene rings is 1. The third kappa shape index (κ3) is 6.19. The fraction of sp³-hybridized carbons (Fsp3) is 0.214. The molecule has 0 aromatic heterocycles. The number of nitrogens with zero attached hydrogens (tertiary/aromatic N) is 1. The molecule has 0 aliphatic carbocycles. The quantitative estimate of drug-likeness (QED) is 0.263. The molecule has 0 unspecified atom stereocenters. The molecule has 106 valence electrons. The third-order valence-electron chi connectivity index (χ3n) is 2.28. The highest BCUT2D eigenvalue weighted by Gasteiger charge is 2.06. The lowest BCUT2D eigenvalue weighted by Gasteiger charge is -2.01. The molecule has 0 aliphatic rings. The van der Waals surface area contributed by atoms with Crippen molar-refractivity contribution in [1.29, 1.82) is 0 Å². The summed E-state index contributed by atoms with van der Waals surface area (Å²) in [6, 6.07) is 7.74. The minimum absolute atomic E-state index is 0.253. The molecule has 0 heterocycles. The maximum Gasteiger partial charge on any atom is 0.249 e. The SMILES string of the molecule is C=CCNC(=O)CC(=O)N/N=C/c1ccc(SC)cc1. The molecule has 20 heavy (non-hydrogen) atoms. The van der Waals surface area contributed by atoms with Crippen LogP contribution in [0.5, 0.6) is 0 Å². The summed E-state index contributed by atoms with van der Waals surface area (Å²) in [5.74, 6) is -0.814. The maximum atomic E-state index is 11.4. The van der Waals surface area contributed by atoms with Crippen LogP contribution < -0.4 is 10.7 Å². The molecule has 1 rings (SSSR count). The van der Waals surface area contributed by atoms with Crippen molar-refractivity contribution in [3.8, 4) is 0 Å². The molecule has 0 radical (unpaired) electrons. The largest absolute Gasteiger partial charge is 0.352 e. The van der Waals surface area contributed by atoms with E-state index in [9.17, 15) is 9.59 Å². The van der Waals surface area contributed by atoms with Crippen LogP contribution in [-0.4, -0.2) is 30.8 Å². The van der Waals surface area contributed by atoms with Gasteiger partial charge in [0.25, 0.3) is 0 Å². The lowest BCUT2D eigenvalue weighted by Crippen LogP contribution is -2.29. The van der Waals surface area contributed by atoms with Gasteiger partial charge in [0, 0.05) is 11.4 Å². The van der Waals surface area contributed by atoms with Crippen LogP contribution in [0.15, 0.2) is 46.9 Å². The zero-order chi connectivity index (χ0) is 14.8. The fourth-order valence-electron chi connectivity index (χ4n) is 1.30. The number of hydrazone groups is 1. The summed E-state index contributed by atoms with van der Waals surface area (Å²) in [5, 5.41) is 6.31. The van der Waals surface area contributed by atoms with Gasteiger partial charge in [-0.1, -0.05) is 18.2 Å². The first kappa shape index (κ1) is 16.0. The number of thioether (sulfide) groups is 1. The first-order valence-corrected chi connectivity index (χ1v) is 7.21. The number of hydrogen-bond donors (Lipinski definition) is 2. The van der Waals surface area contributed by atoms with Gasteiger partial charge in [0.1, 0.15) is 6.42 Å². The molecule has 0 spiro atoms. The second kappa shape index (κ2) is 8.92. The van der Waals surface area contributed by atoms with Crippen LogP contribution in [0.25, 0.3) is 0 Å². The van der Waals surface area contributed by atoms with Crippen LogP contribution in [0.3, 0.4) is 0 Å². The highest BCUT2D eigenvalue weighted by molar-refractivity contribution is 7.98. The van der Waals surface area contributed by atoms with Gasteiger partial charge in [-0.05, 0) is 24.0 Å². The second-order valence-electron chi connectivity index (χ2n) is 3.84. The predicted molar refractivity (Wildman–Crippen MR) is 81.8 cm³/mol. The Morgan fingerprint density at radius 1 is 1.30 bits per heavy atom. The molecule has 2 N–H and O–H groups in total. The molecule has 0 fully saturated rings. The van der Waals surface area contributed by atoms with Crippen LogP contribution in [0.1, 0.15) is 12.0 Å². The molecule has 0 bridgehead atoms. The molecule has 1 aromatic carbocycles. The Hall–Kier alpha value is -2.08. The van der Waals surface area contributed by atoms with Gasteiger partial charge in [0.15, 0.2) is 0 Å². The van der Waals surface area contributed by atoms with Gasteiger partial charge in [-0.25, -0.2) is 5.43 Å². The van der Waals surface area contributed by atoms with Gasteiger partial charge >= 0.3 is 0 Å². The monoisotopic (exact) mass is 291 g/mol. The van der Waals surface area contributed by atoms with Crippen LogP contribution in [-0.2, 0) is 9.59 Å². The van der Waals surface area contributed by atoms with Crippen molar-refractivity contribution in [3.05, 3.63) is 42.5 Å². The summed E-state index contributed by atoms with van der Waals surface area (Å²) < 4.78 is 0. The smallest absolute Gasteiger partial charge is 0.249 e. The lowest BCUT2D eigenvalue weighted by molar-refractivity contribution is -0.129. The zero-order valence-electron chi connectivity index (χ0n) is 11.3. The molecule has 6 heteroatoms. The molecule has 0 saturated heterocycles. The number of nitrogens with one attached hydrogen (secondary N) is 2. The van der Waals surface area contributed by atoms with Crippen molar-refractivity contribution in [2.45, 2.75) is 11.3 Å². The Morgan fingerprint density at radius 3 is 2.60 bits per heavy atom. The second-order valence-corrected chi connectivity index (χ2v) is 4.72. The van der Waals surface area contributed by atoms with E-state index in [0.29, 0.717) is 6.54 Å². The van der Waals surface area contributed by atoms with Gasteiger partial charge in [0.2, 0.25) is 11.8 Å². The van der Waals surface area contributed by atoms with E-state index in [0.717, 1.165) is 10.5 Å². The first-order valence-electron chi connectivity index (χ1n) is 5.99. The van der Waals surface area contributed by atoms with E-state index in [1.165, 1.54) is 6.21 Å². The Kier molecular flexibility index (Phi) is 7.13. The van der Waals surface area contributed by atoms with Gasteiger partial charge in [-0.3, -0.25) is 9.59 Å². The molecule has 0 saturated carbocycles. The topological polar surface area (TPSA) is 70.6 Å².